The van der Waals surface area contributed by atoms with E-state index >= 15 is 0 Å². The Bertz CT molecular complexity index is 356. The summed E-state index contributed by atoms with van der Waals surface area (Å²) in [4.78, 5) is 14.5. The summed E-state index contributed by atoms with van der Waals surface area (Å²) < 4.78 is 0. The van der Waals surface area contributed by atoms with Crippen LogP contribution < -0.4 is 11.1 Å². The zero-order valence-electron chi connectivity index (χ0n) is 14.0. The molecule has 0 saturated heterocycles. The molecular formula is C17H33N3O. The van der Waals surface area contributed by atoms with Gasteiger partial charge in [0.1, 0.15) is 5.54 Å². The van der Waals surface area contributed by atoms with Crippen molar-refractivity contribution >= 4 is 5.91 Å². The number of nitrogens with one attached hydrogen (secondary N) is 1. The van der Waals surface area contributed by atoms with Crippen LogP contribution in [0.2, 0.25) is 0 Å². The summed E-state index contributed by atoms with van der Waals surface area (Å²) in [6, 6.07) is 0.538. The van der Waals surface area contributed by atoms with Crippen molar-refractivity contribution in [3.8, 4) is 0 Å². The van der Waals surface area contributed by atoms with Crippen LogP contribution in [0.25, 0.3) is 0 Å². The Morgan fingerprint density at radius 2 is 2.14 bits per heavy atom. The molecule has 0 radical (unpaired) electrons. The summed E-state index contributed by atoms with van der Waals surface area (Å²) in [6.07, 6.45) is 7.91. The minimum absolute atomic E-state index is 0.124. The quantitative estimate of drug-likeness (QED) is 0.685. The summed E-state index contributed by atoms with van der Waals surface area (Å²) in [5, 5.41) is 3.60. The Hall–Kier alpha value is -0.610. The number of amides is 1. The second kappa shape index (κ2) is 7.10. The molecule has 2 fully saturated rings. The molecule has 1 amide bonds. The van der Waals surface area contributed by atoms with E-state index in [1.54, 1.807) is 0 Å². The van der Waals surface area contributed by atoms with Gasteiger partial charge in [0.05, 0.1) is 0 Å². The van der Waals surface area contributed by atoms with Crippen molar-refractivity contribution in [2.24, 2.45) is 17.6 Å². The number of nitrogens with zero attached hydrogens (tertiary/aromatic N) is 1. The Morgan fingerprint density at radius 1 is 1.43 bits per heavy atom. The van der Waals surface area contributed by atoms with Crippen molar-refractivity contribution in [2.45, 2.75) is 70.4 Å². The van der Waals surface area contributed by atoms with Crippen LogP contribution in [0, 0.1) is 11.8 Å². The fourth-order valence-corrected chi connectivity index (χ4v) is 3.77. The number of carbonyl (C=O) groups excluding carboxylic acids is 1. The molecule has 3 unspecified atom stereocenters. The maximum Gasteiger partial charge on any atom is 0.238 e. The monoisotopic (exact) mass is 295 g/mol. The molecule has 122 valence electrons. The van der Waals surface area contributed by atoms with Crippen molar-refractivity contribution in [2.75, 3.05) is 20.1 Å². The predicted molar refractivity (Wildman–Crippen MR) is 87.0 cm³/mol. The van der Waals surface area contributed by atoms with Crippen LogP contribution in [0.5, 0.6) is 0 Å². The fourth-order valence-electron chi connectivity index (χ4n) is 3.77. The van der Waals surface area contributed by atoms with Gasteiger partial charge in [-0.3, -0.25) is 4.79 Å². The molecule has 0 aliphatic heterocycles. The van der Waals surface area contributed by atoms with Gasteiger partial charge in [0.25, 0.3) is 0 Å². The highest BCUT2D eigenvalue weighted by Gasteiger charge is 2.49. The lowest BCUT2D eigenvalue weighted by molar-refractivity contribution is -0.126. The van der Waals surface area contributed by atoms with Gasteiger partial charge in [0, 0.05) is 12.6 Å². The SMILES string of the molecule is CCC(C)CN(C)CCC1CCCC1(NC1CC1)C(N)=O. The van der Waals surface area contributed by atoms with Crippen molar-refractivity contribution in [1.82, 2.24) is 10.2 Å². The second-order valence-corrected chi connectivity index (χ2v) is 7.41. The van der Waals surface area contributed by atoms with Gasteiger partial charge < -0.3 is 16.0 Å². The molecule has 2 rings (SSSR count). The molecule has 0 bridgehead atoms. The molecule has 0 heterocycles. The highest BCUT2D eigenvalue weighted by Crippen LogP contribution is 2.40. The predicted octanol–water partition coefficient (Wildman–Crippen LogP) is 2.13. The van der Waals surface area contributed by atoms with Gasteiger partial charge in [-0.1, -0.05) is 26.7 Å². The summed E-state index contributed by atoms with van der Waals surface area (Å²) in [7, 11) is 2.20. The van der Waals surface area contributed by atoms with E-state index in [2.05, 4.69) is 31.1 Å². The van der Waals surface area contributed by atoms with Crippen molar-refractivity contribution < 1.29 is 4.79 Å². The molecule has 4 heteroatoms. The van der Waals surface area contributed by atoms with Crippen LogP contribution in [0.1, 0.15) is 58.8 Å². The van der Waals surface area contributed by atoms with Gasteiger partial charge in [0.2, 0.25) is 5.91 Å². The van der Waals surface area contributed by atoms with E-state index in [0.29, 0.717) is 12.0 Å². The molecule has 21 heavy (non-hydrogen) atoms. The lowest BCUT2D eigenvalue weighted by Gasteiger charge is -2.35. The molecule has 0 aromatic carbocycles. The number of hydrogen-bond acceptors (Lipinski definition) is 3. The molecule has 0 aromatic heterocycles. The third-order valence-electron chi connectivity index (χ3n) is 5.48. The third kappa shape index (κ3) is 4.19. The molecule has 3 N–H and O–H groups in total. The average molecular weight is 295 g/mol. The Kier molecular flexibility index (Phi) is 5.67. The van der Waals surface area contributed by atoms with Gasteiger partial charge in [-0.05, 0) is 57.5 Å². The smallest absolute Gasteiger partial charge is 0.238 e. The minimum atomic E-state index is -0.418. The molecule has 4 nitrogen and oxygen atoms in total. The van der Waals surface area contributed by atoms with Crippen molar-refractivity contribution in [3.05, 3.63) is 0 Å². The largest absolute Gasteiger partial charge is 0.368 e. The Morgan fingerprint density at radius 3 is 2.71 bits per heavy atom. The van der Waals surface area contributed by atoms with E-state index in [1.165, 1.54) is 19.3 Å². The zero-order valence-corrected chi connectivity index (χ0v) is 14.0. The normalized spacial score (nSPS) is 30.8. The second-order valence-electron chi connectivity index (χ2n) is 7.41. The van der Waals surface area contributed by atoms with E-state index in [0.717, 1.165) is 44.7 Å². The highest BCUT2D eigenvalue weighted by atomic mass is 16.1. The maximum absolute atomic E-state index is 12.1. The highest BCUT2D eigenvalue weighted by molar-refractivity contribution is 5.85. The van der Waals surface area contributed by atoms with Crippen LogP contribution in [0.3, 0.4) is 0 Å². The summed E-state index contributed by atoms with van der Waals surface area (Å²) >= 11 is 0. The molecule has 2 aliphatic rings. The molecular weight excluding hydrogens is 262 g/mol. The Labute approximate surface area is 129 Å². The number of carbonyl (C=O) groups is 1. The molecule has 2 aliphatic carbocycles. The molecule has 0 aromatic rings. The molecule has 0 spiro atoms. The average Bonchev–Trinajstić information content (AvgIpc) is 3.15. The first-order valence-electron chi connectivity index (χ1n) is 8.74. The van der Waals surface area contributed by atoms with Crippen LogP contribution >= 0.6 is 0 Å². The topological polar surface area (TPSA) is 58.4 Å². The first-order chi connectivity index (χ1) is 9.98. The van der Waals surface area contributed by atoms with Gasteiger partial charge in [0.15, 0.2) is 0 Å². The van der Waals surface area contributed by atoms with Crippen LogP contribution in [0.4, 0.5) is 0 Å². The van der Waals surface area contributed by atoms with E-state index in [-0.39, 0.29) is 5.91 Å². The third-order valence-corrected chi connectivity index (χ3v) is 5.48. The van der Waals surface area contributed by atoms with Gasteiger partial charge >= 0.3 is 0 Å². The van der Waals surface area contributed by atoms with E-state index in [1.807, 2.05) is 0 Å². The lowest BCUT2D eigenvalue weighted by Crippen LogP contribution is -2.59. The van der Waals surface area contributed by atoms with Crippen molar-refractivity contribution in [3.63, 3.8) is 0 Å². The van der Waals surface area contributed by atoms with Crippen LogP contribution in [-0.2, 0) is 4.79 Å². The number of nitrogens with two attached hydrogens (primary N) is 1. The van der Waals surface area contributed by atoms with E-state index in [4.69, 9.17) is 5.73 Å². The molecule has 2 saturated carbocycles. The van der Waals surface area contributed by atoms with Crippen LogP contribution in [-0.4, -0.2) is 42.5 Å². The summed E-state index contributed by atoms with van der Waals surface area (Å²) in [5.74, 6) is 1.03. The van der Waals surface area contributed by atoms with Gasteiger partial charge in [-0.15, -0.1) is 0 Å². The number of hydrogen-bond donors (Lipinski definition) is 2. The summed E-state index contributed by atoms with van der Waals surface area (Å²) in [5.41, 5.74) is 5.37. The first-order valence-corrected chi connectivity index (χ1v) is 8.74. The Balaban J connectivity index is 1.89. The first kappa shape index (κ1) is 16.8. The van der Waals surface area contributed by atoms with Crippen molar-refractivity contribution in [1.29, 1.82) is 0 Å². The molecule has 3 atom stereocenters. The minimum Gasteiger partial charge on any atom is -0.368 e. The summed E-state index contributed by atoms with van der Waals surface area (Å²) in [6.45, 7) is 6.75. The van der Waals surface area contributed by atoms with Gasteiger partial charge in [-0.25, -0.2) is 0 Å². The fraction of sp³-hybridized carbons (Fsp3) is 0.941. The lowest BCUT2D eigenvalue weighted by atomic mass is 9.83. The van der Waals surface area contributed by atoms with E-state index in [9.17, 15) is 4.79 Å². The van der Waals surface area contributed by atoms with Gasteiger partial charge in [-0.2, -0.15) is 0 Å². The van der Waals surface area contributed by atoms with E-state index < -0.39 is 5.54 Å². The standard InChI is InChI=1S/C17H33N3O/c1-4-13(2)12-20(3)11-9-14-6-5-10-17(14,16(18)21)19-15-7-8-15/h13-15,19H,4-12H2,1-3H3,(H2,18,21). The maximum atomic E-state index is 12.1. The van der Waals surface area contributed by atoms with Crippen LogP contribution in [0.15, 0.2) is 0 Å². The zero-order chi connectivity index (χ0) is 15.5. The number of rotatable bonds is 9. The number of primary amides is 1.